The molecule has 0 amide bonds. The van der Waals surface area contributed by atoms with Crippen LogP contribution in [0.4, 0.5) is 0 Å². The molecule has 0 radical (unpaired) electrons. The van der Waals surface area contributed by atoms with Crippen molar-refractivity contribution >= 4 is 0 Å². The van der Waals surface area contributed by atoms with Crippen LogP contribution >= 0.6 is 0 Å². The van der Waals surface area contributed by atoms with E-state index in [1.807, 2.05) is 0 Å². The Labute approximate surface area is 89.8 Å². The highest BCUT2D eigenvalue weighted by atomic mass is 16.3. The lowest BCUT2D eigenvalue weighted by Crippen LogP contribution is -2.45. The SMILES string of the molecule is OCC1(NCc2ncccn2)CCCC1. The summed E-state index contributed by atoms with van der Waals surface area (Å²) in [6.07, 6.45) is 7.98. The van der Waals surface area contributed by atoms with E-state index in [0.29, 0.717) is 6.54 Å². The molecule has 1 aromatic heterocycles. The van der Waals surface area contributed by atoms with Crippen LogP contribution in [-0.2, 0) is 6.54 Å². The lowest BCUT2D eigenvalue weighted by molar-refractivity contribution is 0.162. The molecule has 82 valence electrons. The Morgan fingerprint density at radius 2 is 1.93 bits per heavy atom. The van der Waals surface area contributed by atoms with Crippen molar-refractivity contribution < 1.29 is 5.11 Å². The number of nitrogens with one attached hydrogen (secondary N) is 1. The Balaban J connectivity index is 1.92. The Morgan fingerprint density at radius 3 is 2.53 bits per heavy atom. The van der Waals surface area contributed by atoms with Crippen LogP contribution < -0.4 is 5.32 Å². The molecule has 1 saturated carbocycles. The van der Waals surface area contributed by atoms with Crippen LogP contribution in [0, 0.1) is 0 Å². The molecule has 1 aromatic rings. The average Bonchev–Trinajstić information content (AvgIpc) is 2.77. The van der Waals surface area contributed by atoms with Gasteiger partial charge >= 0.3 is 0 Å². The fourth-order valence-electron chi connectivity index (χ4n) is 2.13. The van der Waals surface area contributed by atoms with Gasteiger partial charge in [-0.3, -0.25) is 0 Å². The normalized spacial score (nSPS) is 19.3. The Hall–Kier alpha value is -1.00. The minimum Gasteiger partial charge on any atom is -0.394 e. The van der Waals surface area contributed by atoms with Gasteiger partial charge in [-0.2, -0.15) is 0 Å². The van der Waals surface area contributed by atoms with Crippen LogP contribution in [0.1, 0.15) is 31.5 Å². The van der Waals surface area contributed by atoms with Gasteiger partial charge in [0.05, 0.1) is 13.2 Å². The van der Waals surface area contributed by atoms with Gasteiger partial charge < -0.3 is 10.4 Å². The first kappa shape index (κ1) is 10.5. The summed E-state index contributed by atoms with van der Waals surface area (Å²) < 4.78 is 0. The van der Waals surface area contributed by atoms with Crippen molar-refractivity contribution in [3.63, 3.8) is 0 Å². The molecule has 0 unspecified atom stereocenters. The molecular weight excluding hydrogens is 190 g/mol. The van der Waals surface area contributed by atoms with Gasteiger partial charge in [-0.05, 0) is 18.9 Å². The molecule has 2 N–H and O–H groups in total. The van der Waals surface area contributed by atoms with Crippen molar-refractivity contribution in [2.45, 2.75) is 37.8 Å². The van der Waals surface area contributed by atoms with Crippen molar-refractivity contribution in [1.29, 1.82) is 0 Å². The first-order chi connectivity index (χ1) is 7.35. The van der Waals surface area contributed by atoms with Gasteiger partial charge in [0.15, 0.2) is 0 Å². The predicted molar refractivity (Wildman–Crippen MR) is 57.2 cm³/mol. The van der Waals surface area contributed by atoms with E-state index in [2.05, 4.69) is 15.3 Å². The minimum atomic E-state index is -0.0841. The first-order valence-electron chi connectivity index (χ1n) is 5.46. The first-order valence-corrected chi connectivity index (χ1v) is 5.46. The molecule has 4 heteroatoms. The average molecular weight is 207 g/mol. The van der Waals surface area contributed by atoms with E-state index in [9.17, 15) is 5.11 Å². The van der Waals surface area contributed by atoms with Crippen LogP contribution in [0.3, 0.4) is 0 Å². The highest BCUT2D eigenvalue weighted by molar-refractivity contribution is 4.95. The number of hydrogen-bond acceptors (Lipinski definition) is 4. The number of aliphatic hydroxyl groups is 1. The van der Waals surface area contributed by atoms with Crippen molar-refractivity contribution in [1.82, 2.24) is 15.3 Å². The minimum absolute atomic E-state index is 0.0841. The summed E-state index contributed by atoms with van der Waals surface area (Å²) in [7, 11) is 0. The number of hydrogen-bond donors (Lipinski definition) is 2. The summed E-state index contributed by atoms with van der Waals surface area (Å²) in [4.78, 5) is 8.30. The van der Waals surface area contributed by atoms with Gasteiger partial charge in [0.2, 0.25) is 0 Å². The van der Waals surface area contributed by atoms with E-state index < -0.39 is 0 Å². The maximum Gasteiger partial charge on any atom is 0.141 e. The quantitative estimate of drug-likeness (QED) is 0.769. The summed E-state index contributed by atoms with van der Waals surface area (Å²) in [6, 6.07) is 1.81. The molecule has 0 aliphatic heterocycles. The second-order valence-electron chi connectivity index (χ2n) is 4.16. The predicted octanol–water partition coefficient (Wildman–Crippen LogP) is 0.871. The van der Waals surface area contributed by atoms with Crippen LogP contribution in [0.25, 0.3) is 0 Å². The van der Waals surface area contributed by atoms with Crippen LogP contribution in [0.15, 0.2) is 18.5 Å². The molecule has 0 spiro atoms. The molecular formula is C11H17N3O. The summed E-state index contributed by atoms with van der Waals surface area (Å²) in [6.45, 7) is 0.848. The third-order valence-electron chi connectivity index (χ3n) is 3.10. The largest absolute Gasteiger partial charge is 0.394 e. The number of nitrogens with zero attached hydrogens (tertiary/aromatic N) is 2. The molecule has 1 aliphatic carbocycles. The second-order valence-corrected chi connectivity index (χ2v) is 4.16. The van der Waals surface area contributed by atoms with Gasteiger partial charge in [0, 0.05) is 17.9 Å². The van der Waals surface area contributed by atoms with Gasteiger partial charge in [-0.1, -0.05) is 12.8 Å². The van der Waals surface area contributed by atoms with Gasteiger partial charge in [0.1, 0.15) is 5.82 Å². The highest BCUT2D eigenvalue weighted by Gasteiger charge is 2.32. The molecule has 0 saturated heterocycles. The maximum atomic E-state index is 9.39. The monoisotopic (exact) mass is 207 g/mol. The van der Waals surface area contributed by atoms with Gasteiger partial charge in [-0.15, -0.1) is 0 Å². The second kappa shape index (κ2) is 4.68. The molecule has 0 bridgehead atoms. The zero-order valence-electron chi connectivity index (χ0n) is 8.82. The summed E-state index contributed by atoms with van der Waals surface area (Å²) in [5.74, 6) is 0.789. The van der Waals surface area contributed by atoms with E-state index in [1.165, 1.54) is 12.8 Å². The summed E-state index contributed by atoms with van der Waals surface area (Å²) in [5.41, 5.74) is -0.0841. The van der Waals surface area contributed by atoms with Crippen LogP contribution in [-0.4, -0.2) is 27.2 Å². The van der Waals surface area contributed by atoms with E-state index in [0.717, 1.165) is 18.7 Å². The molecule has 2 rings (SSSR count). The van der Waals surface area contributed by atoms with Crippen molar-refractivity contribution in [2.75, 3.05) is 6.61 Å². The molecule has 1 fully saturated rings. The summed E-state index contributed by atoms with van der Waals surface area (Å²) in [5, 5.41) is 12.8. The van der Waals surface area contributed by atoms with Gasteiger partial charge in [0.25, 0.3) is 0 Å². The lowest BCUT2D eigenvalue weighted by atomic mass is 9.99. The third-order valence-corrected chi connectivity index (χ3v) is 3.10. The topological polar surface area (TPSA) is 58.0 Å². The van der Waals surface area contributed by atoms with Crippen molar-refractivity contribution in [2.24, 2.45) is 0 Å². The Morgan fingerprint density at radius 1 is 1.27 bits per heavy atom. The molecule has 15 heavy (non-hydrogen) atoms. The molecule has 1 heterocycles. The van der Waals surface area contributed by atoms with Crippen LogP contribution in [0.5, 0.6) is 0 Å². The number of rotatable bonds is 4. The fourth-order valence-corrected chi connectivity index (χ4v) is 2.13. The standard InChI is InChI=1S/C11H17N3O/c15-9-11(4-1-2-5-11)14-8-10-12-6-3-7-13-10/h3,6-7,14-15H,1-2,4-5,8-9H2. The highest BCUT2D eigenvalue weighted by Crippen LogP contribution is 2.29. The molecule has 0 atom stereocenters. The van der Waals surface area contributed by atoms with Gasteiger partial charge in [-0.25, -0.2) is 9.97 Å². The van der Waals surface area contributed by atoms with E-state index in [4.69, 9.17) is 0 Å². The number of aromatic nitrogens is 2. The molecule has 0 aromatic carbocycles. The third kappa shape index (κ3) is 2.52. The maximum absolute atomic E-state index is 9.39. The molecule has 1 aliphatic rings. The Kier molecular flexibility index (Phi) is 3.28. The lowest BCUT2D eigenvalue weighted by Gasteiger charge is -2.27. The molecule has 4 nitrogen and oxygen atoms in total. The summed E-state index contributed by atoms with van der Waals surface area (Å²) >= 11 is 0. The number of aliphatic hydroxyl groups excluding tert-OH is 1. The zero-order valence-corrected chi connectivity index (χ0v) is 8.82. The van der Waals surface area contributed by atoms with E-state index in [1.54, 1.807) is 18.5 Å². The Bertz CT molecular complexity index is 296. The van der Waals surface area contributed by atoms with Crippen molar-refractivity contribution in [3.8, 4) is 0 Å². The van der Waals surface area contributed by atoms with Crippen LogP contribution in [0.2, 0.25) is 0 Å². The smallest absolute Gasteiger partial charge is 0.141 e. The zero-order chi connectivity index (χ0) is 10.6. The fraction of sp³-hybridized carbons (Fsp3) is 0.636. The van der Waals surface area contributed by atoms with Crippen molar-refractivity contribution in [3.05, 3.63) is 24.3 Å². The van der Waals surface area contributed by atoms with E-state index >= 15 is 0 Å². The van der Waals surface area contributed by atoms with E-state index in [-0.39, 0.29) is 12.1 Å².